The van der Waals surface area contributed by atoms with E-state index in [0.717, 1.165) is 5.57 Å². The van der Waals surface area contributed by atoms with Gasteiger partial charge in [0.1, 0.15) is 60.2 Å². The van der Waals surface area contributed by atoms with Crippen molar-refractivity contribution in [1.82, 2.24) is 19.9 Å². The van der Waals surface area contributed by atoms with E-state index in [0.29, 0.717) is 69.1 Å². The van der Waals surface area contributed by atoms with E-state index in [4.69, 9.17) is 33.2 Å². The number of allylic oxidation sites excluding steroid dienone is 6. The van der Waals surface area contributed by atoms with Gasteiger partial charge in [0.05, 0.1) is 43.8 Å². The largest absolute Gasteiger partial charge is 0.460 e. The monoisotopic (exact) mass is 1160 g/mol. The minimum Gasteiger partial charge on any atom is -0.460 e. The number of aliphatic hydroxyl groups excluding tert-OH is 5. The first-order chi connectivity index (χ1) is 39.0. The minimum absolute atomic E-state index is 0.0133. The van der Waals surface area contributed by atoms with Gasteiger partial charge >= 0.3 is 5.97 Å². The number of fused-ring (bicyclic) bond motifs is 3. The Labute approximate surface area is 482 Å². The number of nitrogens with zero attached hydrogens (tertiary/aromatic N) is 4. The van der Waals surface area contributed by atoms with E-state index in [-0.39, 0.29) is 68.0 Å². The van der Waals surface area contributed by atoms with Crippen LogP contribution >= 0.6 is 0 Å². The van der Waals surface area contributed by atoms with Gasteiger partial charge in [-0.05, 0) is 107 Å². The summed E-state index contributed by atoms with van der Waals surface area (Å²) in [4.78, 5) is 73.0. The fourth-order valence-electron chi connectivity index (χ4n) is 12.3. The SMILES string of the molecule is COC1C[C@@H]2CC[C@@H](C)[C@@](O)(O2)C(=O)C(=O)N2CCCC[C@H]2C(=O)O[C@H]([C@H](C)C[C@@H]2CC[C@H](n3cc(CO[C@@H]4O[C@H](CO)[C@H](O)[C@H](O)[C@H]4O)nn3)[C@H](OC)C2)CC(=O)[C@H](C)/C=C(\C)[C@@H](O)C(OC)C(=O)[C@H](C)C[C@H](C)/C=C/C=C/C=C/1C. The molecule has 4 aliphatic heterocycles. The number of carbonyl (C=O) groups is 5. The molecular weight excluding hydrogens is 1060 g/mol. The molecule has 460 valence electrons. The predicted octanol–water partition coefficient (Wildman–Crippen LogP) is 3.97. The Hall–Kier alpha value is -4.43. The Kier molecular flexibility index (Phi) is 24.9. The fourth-order valence-corrected chi connectivity index (χ4v) is 12.3. The fraction of sp³-hybridized carbons (Fsp3) is 0.750. The second-order valence-corrected chi connectivity index (χ2v) is 23.8. The molecule has 2 unspecified atom stereocenters. The van der Waals surface area contributed by atoms with Crippen LogP contribution in [0.5, 0.6) is 0 Å². The highest BCUT2D eigenvalue weighted by atomic mass is 16.7. The van der Waals surface area contributed by atoms with Crippen LogP contribution < -0.4 is 0 Å². The molecule has 5 heterocycles. The number of carbonyl (C=O) groups excluding carboxylic acids is 5. The van der Waals surface area contributed by atoms with Crippen molar-refractivity contribution in [3.05, 3.63) is 59.5 Å². The van der Waals surface area contributed by atoms with E-state index in [9.17, 15) is 54.6 Å². The van der Waals surface area contributed by atoms with Crippen molar-refractivity contribution >= 4 is 29.2 Å². The standard InChI is InChI=1S/C60H92N4O18/c1-33-16-12-11-13-17-34(2)46(76-8)28-42-21-19-39(7)60(75,82-42)56(72)57(73)63-23-15-14-18-44(63)58(74)80-47(29-45(66)35(3)25-38(6)51(68)55(78-10)50(67)37(5)24-33)36(4)26-40-20-22-43(48(27-40)77-9)64-30-41(61-62-64)32-79-59-54(71)53(70)52(69)49(31-65)81-59/h11-13,16-17,25,30,33,35-37,39-40,42-44,46-49,51-55,59,65,68-71,75H,14-15,18-24,26-29,31-32H2,1-10H3/b13-11+,16-12+,34-17+,38-25+/t33-,35-,36-,37-,39-,40+,42+,43+,44+,46?,47+,48-,49-,51-,52+,53+,54-,55?,59-,60-/m1/s1. The summed E-state index contributed by atoms with van der Waals surface area (Å²) in [6, 6.07) is -1.46. The van der Waals surface area contributed by atoms with Crippen molar-refractivity contribution in [3.8, 4) is 0 Å². The van der Waals surface area contributed by atoms with Gasteiger partial charge in [-0.15, -0.1) is 5.10 Å². The lowest BCUT2D eigenvalue weighted by molar-refractivity contribution is -0.304. The van der Waals surface area contributed by atoms with Crippen molar-refractivity contribution in [3.63, 3.8) is 0 Å². The second-order valence-electron chi connectivity index (χ2n) is 23.8. The number of ether oxygens (including phenoxy) is 7. The number of cyclic esters (lactones) is 1. The molecule has 20 atom stereocenters. The van der Waals surface area contributed by atoms with Gasteiger partial charge in [-0.25, -0.2) is 9.48 Å². The first-order valence-corrected chi connectivity index (χ1v) is 29.3. The molecule has 22 nitrogen and oxygen atoms in total. The van der Waals surface area contributed by atoms with Crippen LogP contribution in [0.4, 0.5) is 0 Å². The molecule has 3 saturated heterocycles. The maximum Gasteiger partial charge on any atom is 0.329 e. The Bertz CT molecular complexity index is 2430. The summed E-state index contributed by atoms with van der Waals surface area (Å²) >= 11 is 0. The van der Waals surface area contributed by atoms with E-state index in [1.165, 1.54) is 12.0 Å². The van der Waals surface area contributed by atoms with Gasteiger partial charge in [0, 0.05) is 58.5 Å². The van der Waals surface area contributed by atoms with Crippen molar-refractivity contribution in [2.75, 3.05) is 34.5 Å². The van der Waals surface area contributed by atoms with Crippen LogP contribution in [0.15, 0.2) is 53.8 Å². The molecule has 4 fully saturated rings. The molecule has 1 aromatic heterocycles. The molecule has 1 aromatic rings. The van der Waals surface area contributed by atoms with Gasteiger partial charge in [-0.1, -0.05) is 76.3 Å². The second kappa shape index (κ2) is 30.6. The summed E-state index contributed by atoms with van der Waals surface area (Å²) in [6.07, 6.45) is 5.48. The van der Waals surface area contributed by atoms with E-state index in [1.54, 1.807) is 58.9 Å². The summed E-state index contributed by atoms with van der Waals surface area (Å²) in [7, 11) is 4.53. The third kappa shape index (κ3) is 16.5. The number of piperidine rings is 1. The maximum absolute atomic E-state index is 14.7. The highest BCUT2D eigenvalue weighted by Crippen LogP contribution is 2.40. The summed E-state index contributed by atoms with van der Waals surface area (Å²) in [5.74, 6) is -8.56. The van der Waals surface area contributed by atoms with Crippen LogP contribution in [0.1, 0.15) is 137 Å². The van der Waals surface area contributed by atoms with E-state index < -0.39 is 121 Å². The van der Waals surface area contributed by atoms with Gasteiger partial charge < -0.3 is 68.7 Å². The average Bonchev–Trinajstić information content (AvgIpc) is 4.09. The molecule has 6 rings (SSSR count). The molecule has 0 aromatic carbocycles. The van der Waals surface area contributed by atoms with Crippen molar-refractivity contribution in [2.24, 2.45) is 35.5 Å². The lowest BCUT2D eigenvalue weighted by Gasteiger charge is -2.42. The first kappa shape index (κ1) is 66.7. The molecule has 22 heteroatoms. The van der Waals surface area contributed by atoms with Gasteiger partial charge in [0.15, 0.2) is 12.1 Å². The molecule has 0 radical (unpaired) electrons. The molecule has 6 N–H and O–H groups in total. The normalized spacial score (nSPS) is 40.2. The van der Waals surface area contributed by atoms with Crippen LogP contribution in [0.2, 0.25) is 0 Å². The average molecular weight is 1160 g/mol. The van der Waals surface area contributed by atoms with Gasteiger partial charge in [-0.2, -0.15) is 0 Å². The minimum atomic E-state index is -2.48. The number of Topliss-reactive ketones (excluding diaryl/α,β-unsaturated/α-hetero) is 3. The number of aromatic nitrogens is 3. The van der Waals surface area contributed by atoms with Gasteiger partial charge in [-0.3, -0.25) is 19.2 Å². The molecule has 82 heavy (non-hydrogen) atoms. The molecule has 1 aliphatic carbocycles. The van der Waals surface area contributed by atoms with E-state index in [2.05, 4.69) is 10.3 Å². The summed E-state index contributed by atoms with van der Waals surface area (Å²) in [6.45, 7) is 11.8. The van der Waals surface area contributed by atoms with Crippen molar-refractivity contribution < 1.29 is 87.8 Å². The third-order valence-electron chi connectivity index (χ3n) is 17.6. The molecular formula is C60H92N4O18. The van der Waals surface area contributed by atoms with Gasteiger partial charge in [0.25, 0.3) is 11.7 Å². The van der Waals surface area contributed by atoms with Crippen molar-refractivity contribution in [2.45, 2.75) is 217 Å². The van der Waals surface area contributed by atoms with Crippen LogP contribution in [0, 0.1) is 35.5 Å². The number of amides is 1. The molecule has 1 amide bonds. The Morgan fingerprint density at radius 3 is 2.28 bits per heavy atom. The summed E-state index contributed by atoms with van der Waals surface area (Å²) < 4.78 is 42.9. The van der Waals surface area contributed by atoms with Crippen molar-refractivity contribution in [1.29, 1.82) is 0 Å². The van der Waals surface area contributed by atoms with E-state index >= 15 is 0 Å². The molecule has 2 bridgehead atoms. The van der Waals surface area contributed by atoms with Crippen LogP contribution in [-0.4, -0.2) is 193 Å². The Morgan fingerprint density at radius 2 is 1.59 bits per heavy atom. The number of rotatable bonds is 11. The van der Waals surface area contributed by atoms with Crippen LogP contribution in [0.25, 0.3) is 0 Å². The Balaban J connectivity index is 1.24. The summed E-state index contributed by atoms with van der Waals surface area (Å²) in [5.41, 5.74) is 1.59. The zero-order chi connectivity index (χ0) is 60.2. The first-order valence-electron chi connectivity index (χ1n) is 29.3. The van der Waals surface area contributed by atoms with Gasteiger partial charge in [0.2, 0.25) is 5.79 Å². The van der Waals surface area contributed by atoms with Crippen LogP contribution in [-0.2, 0) is 63.7 Å². The predicted molar refractivity (Wildman–Crippen MR) is 297 cm³/mol. The number of methoxy groups -OCH3 is 3. The topological polar surface area (TPSA) is 305 Å². The zero-order valence-corrected chi connectivity index (χ0v) is 49.5. The lowest BCUT2D eigenvalue weighted by atomic mass is 9.77. The lowest BCUT2D eigenvalue weighted by Crippen LogP contribution is -2.61. The maximum atomic E-state index is 14.7. The van der Waals surface area contributed by atoms with E-state index in [1.807, 2.05) is 51.2 Å². The number of ketones is 3. The molecule has 1 saturated carbocycles. The number of hydrogen-bond acceptors (Lipinski definition) is 20. The number of esters is 1. The highest BCUT2D eigenvalue weighted by molar-refractivity contribution is 6.39. The number of hydrogen-bond donors (Lipinski definition) is 6. The van der Waals surface area contributed by atoms with Crippen LogP contribution in [0.3, 0.4) is 0 Å². The molecule has 5 aliphatic rings. The third-order valence-corrected chi connectivity index (χ3v) is 17.6. The molecule has 0 spiro atoms. The summed E-state index contributed by atoms with van der Waals surface area (Å²) in [5, 5.41) is 72.6. The quantitative estimate of drug-likeness (QED) is 0.104. The number of aliphatic hydroxyl groups is 6. The highest BCUT2D eigenvalue weighted by Gasteiger charge is 2.53. The smallest absolute Gasteiger partial charge is 0.329 e. The zero-order valence-electron chi connectivity index (χ0n) is 49.5. The Morgan fingerprint density at radius 1 is 0.841 bits per heavy atom.